The van der Waals surface area contributed by atoms with Gasteiger partial charge < -0.3 is 0 Å². The molecule has 0 saturated heterocycles. The Morgan fingerprint density at radius 2 is 1.91 bits per heavy atom. The smallest absolute Gasteiger partial charge is 0.265 e. The number of fused-ring (bicyclic) bond motifs is 3. The Morgan fingerprint density at radius 1 is 1.16 bits per heavy atom. The van der Waals surface area contributed by atoms with E-state index in [9.17, 15) is 13.0 Å². The first kappa shape index (κ1) is 23.0. The summed E-state index contributed by atoms with van der Waals surface area (Å²) < 4.78 is 34.0. The van der Waals surface area contributed by atoms with Crippen LogP contribution in [0.2, 0.25) is 0 Å². The summed E-state index contributed by atoms with van der Waals surface area (Å²) in [6, 6.07) is 12.5. The van der Waals surface area contributed by atoms with Gasteiger partial charge in [-0.25, -0.2) is 0 Å². The number of benzene rings is 2. The van der Waals surface area contributed by atoms with Crippen molar-refractivity contribution in [1.29, 1.82) is 0 Å². The summed E-state index contributed by atoms with van der Waals surface area (Å²) in [7, 11) is -4.01. The largest absolute Gasteiger partial charge is 0.286 e. The van der Waals surface area contributed by atoms with Crippen LogP contribution in [0.1, 0.15) is 45.1 Å². The summed E-state index contributed by atoms with van der Waals surface area (Å²) in [6.45, 7) is 10.9. The van der Waals surface area contributed by atoms with E-state index in [4.69, 9.17) is 18.2 Å². The lowest BCUT2D eigenvalue weighted by Gasteiger charge is -2.18. The number of hydrogen-bond acceptors (Lipinski definition) is 2. The third-order valence-electron chi connectivity index (χ3n) is 6.44. The van der Waals surface area contributed by atoms with Crippen LogP contribution in [0, 0.1) is 6.58 Å². The molecule has 0 bridgehead atoms. The van der Waals surface area contributed by atoms with Crippen LogP contribution in [0.15, 0.2) is 64.7 Å². The molecule has 1 N–H and O–H groups in total. The van der Waals surface area contributed by atoms with Gasteiger partial charge in [0.1, 0.15) is 6.54 Å². The van der Waals surface area contributed by atoms with Gasteiger partial charge in [0.15, 0.2) is 5.71 Å². The molecule has 32 heavy (non-hydrogen) atoms. The maximum Gasteiger partial charge on any atom is 0.265 e. The van der Waals surface area contributed by atoms with Gasteiger partial charge in [0.2, 0.25) is 5.69 Å². The van der Waals surface area contributed by atoms with Crippen molar-refractivity contribution in [2.45, 2.75) is 44.9 Å². The minimum atomic E-state index is -4.01. The third kappa shape index (κ3) is 4.34. The normalized spacial score (nSPS) is 18.8. The maximum atomic E-state index is 11.3. The van der Waals surface area contributed by atoms with E-state index >= 15 is 0 Å². The zero-order valence-electron chi connectivity index (χ0n) is 18.4. The van der Waals surface area contributed by atoms with Crippen LogP contribution in [0.25, 0.3) is 10.8 Å². The summed E-state index contributed by atoms with van der Waals surface area (Å²) in [5.74, 6) is -0.272. The summed E-state index contributed by atoms with van der Waals surface area (Å²) in [6.07, 6.45) is 7.14. The summed E-state index contributed by atoms with van der Waals surface area (Å²) in [4.78, 5) is 0. The standard InChI is InChI=1S/C26H27ClNO3S/c1-18-8-6-10-20(25(18)27)13-15-23-26(2,3)24-21-11-5-4-9-19(21)12-14-22(24)28(23)16-7-17-32(29,30)31/h1,4-5,9,11-15H,6-8,10,16-17H2,2-3H3/p+1/b15-13+,18-1?. The van der Waals surface area contributed by atoms with Crippen LogP contribution < -0.4 is 0 Å². The molecule has 2 aromatic carbocycles. The Bertz CT molecular complexity index is 1300. The lowest BCUT2D eigenvalue weighted by atomic mass is 9.79. The minimum absolute atomic E-state index is 0.272. The Morgan fingerprint density at radius 3 is 2.66 bits per heavy atom. The van der Waals surface area contributed by atoms with Crippen molar-refractivity contribution in [3.8, 4) is 0 Å². The van der Waals surface area contributed by atoms with Crippen LogP contribution in [0.4, 0.5) is 5.69 Å². The fourth-order valence-electron chi connectivity index (χ4n) is 4.91. The molecule has 1 heterocycles. The molecular formula is C26H28ClNO3S+. The molecule has 1 aliphatic carbocycles. The molecule has 2 aromatic rings. The molecule has 0 fully saturated rings. The van der Waals surface area contributed by atoms with Crippen molar-refractivity contribution in [2.75, 3.05) is 12.3 Å². The molecule has 1 radical (unpaired) electrons. The summed E-state index contributed by atoms with van der Waals surface area (Å²) in [5.41, 5.74) is 4.81. The van der Waals surface area contributed by atoms with Gasteiger partial charge in [-0.2, -0.15) is 13.0 Å². The molecule has 0 unspecified atom stereocenters. The molecule has 0 aromatic heterocycles. The molecule has 2 aliphatic rings. The van der Waals surface area contributed by atoms with Crippen LogP contribution >= 0.6 is 11.6 Å². The highest BCUT2D eigenvalue weighted by molar-refractivity contribution is 7.85. The predicted molar refractivity (Wildman–Crippen MR) is 131 cm³/mol. The number of hydrogen-bond donors (Lipinski definition) is 1. The van der Waals surface area contributed by atoms with Gasteiger partial charge >= 0.3 is 0 Å². The van der Waals surface area contributed by atoms with Crippen molar-refractivity contribution in [1.82, 2.24) is 0 Å². The molecule has 0 atom stereocenters. The highest BCUT2D eigenvalue weighted by atomic mass is 35.5. The van der Waals surface area contributed by atoms with Crippen LogP contribution in [-0.4, -0.2) is 35.6 Å². The van der Waals surface area contributed by atoms with Gasteiger partial charge in [0.05, 0.1) is 11.2 Å². The van der Waals surface area contributed by atoms with E-state index < -0.39 is 10.1 Å². The fraction of sp³-hybridized carbons (Fsp3) is 0.346. The van der Waals surface area contributed by atoms with Crippen molar-refractivity contribution < 1.29 is 17.5 Å². The summed E-state index contributed by atoms with van der Waals surface area (Å²) in [5, 5.41) is 3.00. The number of allylic oxidation sites excluding steroid dienone is 5. The highest BCUT2D eigenvalue weighted by Crippen LogP contribution is 2.44. The summed E-state index contributed by atoms with van der Waals surface area (Å²) >= 11 is 6.48. The monoisotopic (exact) mass is 469 g/mol. The van der Waals surface area contributed by atoms with Gasteiger partial charge in [-0.1, -0.05) is 48.5 Å². The van der Waals surface area contributed by atoms with Crippen molar-refractivity contribution in [2.24, 2.45) is 0 Å². The lowest BCUT2D eigenvalue weighted by molar-refractivity contribution is -0.437. The Labute approximate surface area is 195 Å². The van der Waals surface area contributed by atoms with E-state index in [1.54, 1.807) is 0 Å². The van der Waals surface area contributed by atoms with Crippen LogP contribution in [0.5, 0.6) is 0 Å². The molecule has 4 rings (SSSR count). The average Bonchev–Trinajstić information content (AvgIpc) is 2.95. The van der Waals surface area contributed by atoms with Gasteiger partial charge in [-0.15, -0.1) is 0 Å². The molecule has 0 amide bonds. The zero-order chi connectivity index (χ0) is 23.1. The molecule has 6 heteroatoms. The topological polar surface area (TPSA) is 57.4 Å². The molecule has 4 nitrogen and oxygen atoms in total. The van der Waals surface area contributed by atoms with E-state index in [0.29, 0.717) is 18.0 Å². The van der Waals surface area contributed by atoms with Crippen molar-refractivity contribution in [3.63, 3.8) is 0 Å². The predicted octanol–water partition coefficient (Wildman–Crippen LogP) is 6.09. The molecule has 0 saturated carbocycles. The first-order valence-corrected chi connectivity index (χ1v) is 12.9. The molecule has 0 spiro atoms. The average molecular weight is 470 g/mol. The van der Waals surface area contributed by atoms with E-state index in [0.717, 1.165) is 41.8 Å². The van der Waals surface area contributed by atoms with Gasteiger partial charge in [0.25, 0.3) is 10.1 Å². The van der Waals surface area contributed by atoms with Gasteiger partial charge in [-0.05, 0) is 61.1 Å². The Balaban J connectivity index is 1.83. The van der Waals surface area contributed by atoms with E-state index in [-0.39, 0.29) is 11.2 Å². The van der Waals surface area contributed by atoms with Gasteiger partial charge in [0, 0.05) is 29.2 Å². The quantitative estimate of drug-likeness (QED) is 0.411. The Hall–Kier alpha value is -2.21. The SMILES string of the molecule is [CH]=C1CCCC(/C=C/C2=[N+](CCCS(=O)(=O)O)c3ccc4ccccc4c3C2(C)C)=C1Cl. The van der Waals surface area contributed by atoms with Gasteiger partial charge in [-0.3, -0.25) is 4.55 Å². The minimum Gasteiger partial charge on any atom is -0.286 e. The van der Waals surface area contributed by atoms with E-state index in [1.807, 2.05) is 12.1 Å². The molecule has 167 valence electrons. The van der Waals surface area contributed by atoms with Crippen molar-refractivity contribution >= 4 is 43.9 Å². The van der Waals surface area contributed by atoms with Crippen molar-refractivity contribution in [3.05, 3.63) is 76.9 Å². The van der Waals surface area contributed by atoms with Crippen LogP contribution in [0.3, 0.4) is 0 Å². The zero-order valence-corrected chi connectivity index (χ0v) is 20.0. The van der Waals surface area contributed by atoms with E-state index in [2.05, 4.69) is 54.8 Å². The first-order chi connectivity index (χ1) is 15.1. The number of halogens is 1. The number of rotatable bonds is 6. The maximum absolute atomic E-state index is 11.3. The lowest BCUT2D eigenvalue weighted by Crippen LogP contribution is -2.28. The first-order valence-electron chi connectivity index (χ1n) is 10.9. The Kier molecular flexibility index (Phi) is 6.19. The third-order valence-corrected chi connectivity index (χ3v) is 7.73. The fourth-order valence-corrected chi connectivity index (χ4v) is 5.66. The highest BCUT2D eigenvalue weighted by Gasteiger charge is 2.45. The van der Waals surface area contributed by atoms with Crippen LogP contribution in [-0.2, 0) is 15.5 Å². The molecule has 1 aliphatic heterocycles. The second kappa shape index (κ2) is 8.62. The second-order valence-electron chi connectivity index (χ2n) is 9.03. The van der Waals surface area contributed by atoms with E-state index in [1.165, 1.54) is 16.3 Å². The number of nitrogens with zero attached hydrogens (tertiary/aromatic N) is 1. The molecular weight excluding hydrogens is 442 g/mol. The second-order valence-corrected chi connectivity index (χ2v) is 11.0.